The van der Waals surface area contributed by atoms with Gasteiger partial charge in [-0.2, -0.15) is 0 Å². The molecule has 2 rings (SSSR count). The molecule has 1 saturated heterocycles. The molecule has 1 aliphatic rings. The Balaban J connectivity index is 0.00000512. The number of guanidine groups is 1. The molecule has 9 nitrogen and oxygen atoms in total. The molecule has 1 unspecified atom stereocenters. The maximum atomic E-state index is 12.0. The molecule has 1 fully saturated rings. The molecule has 180 valence electrons. The van der Waals surface area contributed by atoms with Gasteiger partial charge in [0.2, 0.25) is 5.91 Å². The molecule has 0 aromatic heterocycles. The van der Waals surface area contributed by atoms with Crippen LogP contribution in [0.4, 0.5) is 0 Å². The predicted molar refractivity (Wildman–Crippen MR) is 137 cm³/mol. The van der Waals surface area contributed by atoms with Gasteiger partial charge in [0, 0.05) is 37.8 Å². The number of hydrogen-bond donors (Lipinski definition) is 4. The third kappa shape index (κ3) is 9.70. The smallest absolute Gasteiger partial charge is 0.251 e. The van der Waals surface area contributed by atoms with Crippen LogP contribution in [0.5, 0.6) is 0 Å². The van der Waals surface area contributed by atoms with E-state index in [0.29, 0.717) is 24.1 Å². The Morgan fingerprint density at radius 1 is 1.12 bits per heavy atom. The lowest BCUT2D eigenvalue weighted by Crippen LogP contribution is -2.52. The maximum Gasteiger partial charge on any atom is 0.251 e. The molecular weight excluding hydrogens is 523 g/mol. The zero-order valence-electron chi connectivity index (χ0n) is 19.2. The van der Waals surface area contributed by atoms with Crippen molar-refractivity contribution in [3.63, 3.8) is 0 Å². The molecule has 0 radical (unpaired) electrons. The maximum absolute atomic E-state index is 12.0. The van der Waals surface area contributed by atoms with E-state index in [0.717, 1.165) is 50.9 Å². The minimum atomic E-state index is -0.573. The molecule has 10 heteroatoms. The fraction of sp³-hybridized carbons (Fsp3) is 0.591. The lowest BCUT2D eigenvalue weighted by Gasteiger charge is -2.37. The first-order valence-corrected chi connectivity index (χ1v) is 10.9. The molecule has 5 N–H and O–H groups in total. The van der Waals surface area contributed by atoms with Crippen molar-refractivity contribution in [3.05, 3.63) is 35.4 Å². The summed E-state index contributed by atoms with van der Waals surface area (Å²) >= 11 is 0. The molecule has 32 heavy (non-hydrogen) atoms. The normalized spacial score (nSPS) is 15.6. The highest BCUT2D eigenvalue weighted by atomic mass is 127. The van der Waals surface area contributed by atoms with E-state index in [2.05, 4.69) is 39.7 Å². The summed E-state index contributed by atoms with van der Waals surface area (Å²) in [5, 5.41) is 9.25. The molecule has 0 aliphatic carbocycles. The topological polar surface area (TPSA) is 121 Å². The zero-order valence-corrected chi connectivity index (χ0v) is 21.6. The van der Waals surface area contributed by atoms with Gasteiger partial charge < -0.3 is 26.4 Å². The van der Waals surface area contributed by atoms with Gasteiger partial charge in [0.05, 0.1) is 26.3 Å². The number of nitrogens with one attached hydrogen (secondary N) is 3. The van der Waals surface area contributed by atoms with Crippen molar-refractivity contribution in [2.75, 3.05) is 45.9 Å². The van der Waals surface area contributed by atoms with E-state index < -0.39 is 5.91 Å². The zero-order chi connectivity index (χ0) is 22.6. The minimum absolute atomic E-state index is 0. The number of ether oxygens (including phenoxy) is 1. The van der Waals surface area contributed by atoms with Gasteiger partial charge in [-0.15, -0.1) is 24.0 Å². The van der Waals surface area contributed by atoms with E-state index in [1.165, 1.54) is 0 Å². The standard InChI is InChI=1S/C22H36N6O3.HI/c1-4-24-22(27-14-19(16(2)3)28-9-11-31-12-10-28)26-13-17-5-7-18(8-6-17)21(30)25-15-20(23)29;/h5-8,16,19H,4,9-15H2,1-3H3,(H2,23,29)(H,25,30)(H2,24,26,27);1H. The Bertz CT molecular complexity index is 736. The molecule has 1 aromatic rings. The number of amides is 2. The van der Waals surface area contributed by atoms with E-state index in [4.69, 9.17) is 10.5 Å². The van der Waals surface area contributed by atoms with Gasteiger partial charge in [-0.05, 0) is 30.5 Å². The van der Waals surface area contributed by atoms with Crippen LogP contribution >= 0.6 is 24.0 Å². The highest BCUT2D eigenvalue weighted by Crippen LogP contribution is 2.12. The number of benzene rings is 1. The summed E-state index contributed by atoms with van der Waals surface area (Å²) in [5.41, 5.74) is 6.51. The summed E-state index contributed by atoms with van der Waals surface area (Å²) in [5.74, 6) is 0.384. The quantitative estimate of drug-likeness (QED) is 0.192. The van der Waals surface area contributed by atoms with Crippen LogP contribution in [-0.4, -0.2) is 74.7 Å². The number of rotatable bonds is 10. The monoisotopic (exact) mass is 560 g/mol. The van der Waals surface area contributed by atoms with Crippen molar-refractivity contribution < 1.29 is 14.3 Å². The highest BCUT2D eigenvalue weighted by molar-refractivity contribution is 14.0. The first-order valence-electron chi connectivity index (χ1n) is 10.9. The number of nitrogens with two attached hydrogens (primary N) is 1. The van der Waals surface area contributed by atoms with E-state index in [-0.39, 0.29) is 36.4 Å². The highest BCUT2D eigenvalue weighted by Gasteiger charge is 2.23. The van der Waals surface area contributed by atoms with Gasteiger partial charge >= 0.3 is 0 Å². The average molecular weight is 560 g/mol. The number of nitrogens with zero attached hydrogens (tertiary/aromatic N) is 2. The Morgan fingerprint density at radius 3 is 2.34 bits per heavy atom. The number of morpholine rings is 1. The fourth-order valence-electron chi connectivity index (χ4n) is 3.44. The Kier molecular flexibility index (Phi) is 13.2. The third-order valence-corrected chi connectivity index (χ3v) is 5.17. The van der Waals surface area contributed by atoms with Crippen LogP contribution in [0.1, 0.15) is 36.7 Å². The largest absolute Gasteiger partial charge is 0.379 e. The van der Waals surface area contributed by atoms with Crippen LogP contribution in [-0.2, 0) is 16.1 Å². The summed E-state index contributed by atoms with van der Waals surface area (Å²) in [6.45, 7) is 11.9. The molecule has 1 aromatic carbocycles. The van der Waals surface area contributed by atoms with Crippen LogP contribution in [0.15, 0.2) is 29.3 Å². The van der Waals surface area contributed by atoms with E-state index in [1.54, 1.807) is 12.1 Å². The van der Waals surface area contributed by atoms with Crippen molar-refractivity contribution in [1.29, 1.82) is 0 Å². The predicted octanol–water partition coefficient (Wildman–Crippen LogP) is 0.932. The summed E-state index contributed by atoms with van der Waals surface area (Å²) < 4.78 is 5.48. The van der Waals surface area contributed by atoms with Crippen molar-refractivity contribution in [2.24, 2.45) is 16.6 Å². The second-order valence-corrected chi connectivity index (χ2v) is 7.88. The lowest BCUT2D eigenvalue weighted by atomic mass is 10.0. The summed E-state index contributed by atoms with van der Waals surface area (Å²) in [4.78, 5) is 29.9. The van der Waals surface area contributed by atoms with Crippen LogP contribution in [0, 0.1) is 5.92 Å². The average Bonchev–Trinajstić information content (AvgIpc) is 2.76. The molecular formula is C22H37IN6O3. The fourth-order valence-corrected chi connectivity index (χ4v) is 3.44. The number of hydrogen-bond acceptors (Lipinski definition) is 5. The molecule has 0 saturated carbocycles. The molecule has 1 aliphatic heterocycles. The SMILES string of the molecule is CCNC(=NCc1ccc(C(=O)NCC(N)=O)cc1)NCC(C(C)C)N1CCOCC1.I. The van der Waals surface area contributed by atoms with Crippen molar-refractivity contribution >= 4 is 41.8 Å². The van der Waals surface area contributed by atoms with Gasteiger partial charge in [0.15, 0.2) is 5.96 Å². The summed E-state index contributed by atoms with van der Waals surface area (Å²) in [6.07, 6.45) is 0. The number of carbonyl (C=O) groups excluding carboxylic acids is 2. The Hall–Kier alpha value is -1.92. The van der Waals surface area contributed by atoms with E-state index in [1.807, 2.05) is 19.1 Å². The van der Waals surface area contributed by atoms with Gasteiger partial charge in [-0.3, -0.25) is 14.5 Å². The van der Waals surface area contributed by atoms with Crippen molar-refractivity contribution in [2.45, 2.75) is 33.4 Å². The number of primary amides is 1. The number of halogens is 1. The van der Waals surface area contributed by atoms with E-state index in [9.17, 15) is 9.59 Å². The second kappa shape index (κ2) is 15.0. The first kappa shape index (κ1) is 28.1. The molecule has 1 heterocycles. The molecule has 0 bridgehead atoms. The van der Waals surface area contributed by atoms with Crippen LogP contribution < -0.4 is 21.7 Å². The van der Waals surface area contributed by atoms with Crippen molar-refractivity contribution in [3.8, 4) is 0 Å². The van der Waals surface area contributed by atoms with Gasteiger partial charge in [-0.25, -0.2) is 4.99 Å². The molecule has 1 atom stereocenters. The van der Waals surface area contributed by atoms with Gasteiger partial charge in [-0.1, -0.05) is 26.0 Å². The van der Waals surface area contributed by atoms with E-state index >= 15 is 0 Å². The van der Waals surface area contributed by atoms with Crippen LogP contribution in [0.25, 0.3) is 0 Å². The summed E-state index contributed by atoms with van der Waals surface area (Å²) in [7, 11) is 0. The third-order valence-electron chi connectivity index (χ3n) is 5.17. The van der Waals surface area contributed by atoms with Crippen LogP contribution in [0.2, 0.25) is 0 Å². The Morgan fingerprint density at radius 2 is 1.78 bits per heavy atom. The van der Waals surface area contributed by atoms with Gasteiger partial charge in [0.1, 0.15) is 0 Å². The first-order chi connectivity index (χ1) is 14.9. The summed E-state index contributed by atoms with van der Waals surface area (Å²) in [6, 6.07) is 7.56. The van der Waals surface area contributed by atoms with Crippen molar-refractivity contribution in [1.82, 2.24) is 20.9 Å². The number of aliphatic imine (C=N–C) groups is 1. The van der Waals surface area contributed by atoms with Crippen LogP contribution in [0.3, 0.4) is 0 Å². The molecule has 0 spiro atoms. The molecule has 2 amide bonds. The Labute approximate surface area is 207 Å². The van der Waals surface area contributed by atoms with Gasteiger partial charge in [0.25, 0.3) is 5.91 Å². The lowest BCUT2D eigenvalue weighted by molar-refractivity contribution is -0.117. The second-order valence-electron chi connectivity index (χ2n) is 7.88. The minimum Gasteiger partial charge on any atom is -0.379 e. The number of carbonyl (C=O) groups is 2.